The van der Waals surface area contributed by atoms with Crippen molar-refractivity contribution in [1.29, 1.82) is 0 Å². The van der Waals surface area contributed by atoms with Crippen molar-refractivity contribution in [3.05, 3.63) is 41.0 Å². The molecule has 0 fully saturated rings. The first-order valence-corrected chi connectivity index (χ1v) is 5.20. The molecule has 0 spiro atoms. The summed E-state index contributed by atoms with van der Waals surface area (Å²) in [6.45, 7) is 8.75. The van der Waals surface area contributed by atoms with E-state index in [4.69, 9.17) is 5.73 Å². The van der Waals surface area contributed by atoms with Gasteiger partial charge in [0.15, 0.2) is 0 Å². The second kappa shape index (κ2) is 7.34. The van der Waals surface area contributed by atoms with Gasteiger partial charge in [0, 0.05) is 6.54 Å². The lowest BCUT2D eigenvalue weighted by molar-refractivity contribution is 1.07. The Morgan fingerprint density at radius 1 is 1.29 bits per heavy atom. The molecule has 0 heterocycles. The molecule has 2 N–H and O–H groups in total. The Morgan fingerprint density at radius 2 is 1.93 bits per heavy atom. The van der Waals surface area contributed by atoms with Gasteiger partial charge in [-0.25, -0.2) is 0 Å². The van der Waals surface area contributed by atoms with Crippen LogP contribution in [0.25, 0.3) is 6.08 Å². The maximum absolute atomic E-state index is 5.54. The second-order valence-corrected chi connectivity index (χ2v) is 2.90. The number of aryl methyl sites for hydroxylation is 1. The van der Waals surface area contributed by atoms with Crippen molar-refractivity contribution in [1.82, 2.24) is 0 Å². The van der Waals surface area contributed by atoms with E-state index in [-0.39, 0.29) is 0 Å². The predicted molar refractivity (Wildman–Crippen MR) is 65.1 cm³/mol. The minimum atomic E-state index is 0.616. The zero-order chi connectivity index (χ0) is 11.0. The second-order valence-electron chi connectivity index (χ2n) is 2.90. The lowest BCUT2D eigenvalue weighted by atomic mass is 10.0. The molecule has 1 rings (SSSR count). The average molecular weight is 191 g/mol. The largest absolute Gasteiger partial charge is 0.326 e. The molecule has 78 valence electrons. The van der Waals surface area contributed by atoms with Crippen molar-refractivity contribution in [3.8, 4) is 0 Å². The SMILES string of the molecule is C/C=C\c1cc(CN)ccc1C.CC. The Morgan fingerprint density at radius 3 is 2.43 bits per heavy atom. The summed E-state index contributed by atoms with van der Waals surface area (Å²) < 4.78 is 0. The van der Waals surface area contributed by atoms with Crippen LogP contribution >= 0.6 is 0 Å². The Bertz CT molecular complexity index is 287. The number of allylic oxidation sites excluding steroid dienone is 1. The molecule has 0 atom stereocenters. The fourth-order valence-corrected chi connectivity index (χ4v) is 1.18. The number of hydrogen-bond donors (Lipinski definition) is 1. The predicted octanol–water partition coefficient (Wildman–Crippen LogP) is 3.51. The van der Waals surface area contributed by atoms with Crippen molar-refractivity contribution < 1.29 is 0 Å². The van der Waals surface area contributed by atoms with Crippen molar-refractivity contribution in [2.75, 3.05) is 0 Å². The zero-order valence-corrected chi connectivity index (χ0v) is 9.67. The summed E-state index contributed by atoms with van der Waals surface area (Å²) in [5, 5.41) is 0. The third-order valence-corrected chi connectivity index (χ3v) is 1.93. The number of rotatable bonds is 2. The molecular formula is C13H21N. The molecule has 0 aliphatic heterocycles. The molecule has 0 saturated carbocycles. The summed E-state index contributed by atoms with van der Waals surface area (Å²) in [6.07, 6.45) is 4.15. The fourth-order valence-electron chi connectivity index (χ4n) is 1.18. The fraction of sp³-hybridized carbons (Fsp3) is 0.385. The van der Waals surface area contributed by atoms with Gasteiger partial charge in [0.1, 0.15) is 0 Å². The lowest BCUT2D eigenvalue weighted by Crippen LogP contribution is -1.96. The van der Waals surface area contributed by atoms with Gasteiger partial charge < -0.3 is 5.73 Å². The van der Waals surface area contributed by atoms with E-state index >= 15 is 0 Å². The van der Waals surface area contributed by atoms with Crippen LogP contribution in [0, 0.1) is 6.92 Å². The van der Waals surface area contributed by atoms with E-state index < -0.39 is 0 Å². The van der Waals surface area contributed by atoms with Crippen LogP contribution in [0.4, 0.5) is 0 Å². The standard InChI is InChI=1S/C11H15N.C2H6/c1-3-4-11-7-10(8-12)6-5-9(11)2;1-2/h3-7H,8,12H2,1-2H3;1-2H3/b4-3-;. The van der Waals surface area contributed by atoms with Crippen LogP contribution in [-0.2, 0) is 6.54 Å². The quantitative estimate of drug-likeness (QED) is 0.760. The topological polar surface area (TPSA) is 26.0 Å². The van der Waals surface area contributed by atoms with Crippen molar-refractivity contribution >= 4 is 6.08 Å². The third-order valence-electron chi connectivity index (χ3n) is 1.93. The smallest absolute Gasteiger partial charge is 0.0178 e. The molecule has 0 unspecified atom stereocenters. The molecule has 0 radical (unpaired) electrons. The lowest BCUT2D eigenvalue weighted by Gasteiger charge is -2.02. The van der Waals surface area contributed by atoms with Crippen LogP contribution in [0.15, 0.2) is 24.3 Å². The highest BCUT2D eigenvalue weighted by Crippen LogP contribution is 2.12. The molecule has 14 heavy (non-hydrogen) atoms. The van der Waals surface area contributed by atoms with Gasteiger partial charge in [-0.1, -0.05) is 44.2 Å². The maximum Gasteiger partial charge on any atom is 0.0178 e. The van der Waals surface area contributed by atoms with E-state index in [1.807, 2.05) is 26.8 Å². The highest BCUT2D eigenvalue weighted by Gasteiger charge is 1.94. The van der Waals surface area contributed by atoms with Crippen molar-refractivity contribution in [2.24, 2.45) is 5.73 Å². The highest BCUT2D eigenvalue weighted by atomic mass is 14.5. The van der Waals surface area contributed by atoms with Crippen LogP contribution in [-0.4, -0.2) is 0 Å². The summed E-state index contributed by atoms with van der Waals surface area (Å²) in [5.41, 5.74) is 9.29. The van der Waals surface area contributed by atoms with E-state index in [0.717, 1.165) is 0 Å². The summed E-state index contributed by atoms with van der Waals surface area (Å²) in [7, 11) is 0. The molecule has 1 nitrogen and oxygen atoms in total. The molecule has 0 bridgehead atoms. The van der Waals surface area contributed by atoms with Gasteiger partial charge >= 0.3 is 0 Å². The molecule has 1 aromatic rings. The molecular weight excluding hydrogens is 170 g/mol. The first-order chi connectivity index (χ1) is 6.77. The molecule has 1 aromatic carbocycles. The van der Waals surface area contributed by atoms with Crippen LogP contribution < -0.4 is 5.73 Å². The summed E-state index contributed by atoms with van der Waals surface area (Å²) >= 11 is 0. The van der Waals surface area contributed by atoms with Gasteiger partial charge in [0.2, 0.25) is 0 Å². The Kier molecular flexibility index (Phi) is 6.77. The van der Waals surface area contributed by atoms with E-state index in [1.165, 1.54) is 16.7 Å². The number of benzene rings is 1. The van der Waals surface area contributed by atoms with E-state index in [9.17, 15) is 0 Å². The molecule has 0 aliphatic rings. The first-order valence-electron chi connectivity index (χ1n) is 5.20. The third kappa shape index (κ3) is 3.75. The van der Waals surface area contributed by atoms with Gasteiger partial charge in [-0.2, -0.15) is 0 Å². The summed E-state index contributed by atoms with van der Waals surface area (Å²) in [5.74, 6) is 0. The normalized spacial score (nSPS) is 9.79. The molecule has 0 amide bonds. The van der Waals surface area contributed by atoms with E-state index in [0.29, 0.717) is 6.54 Å². The minimum absolute atomic E-state index is 0.616. The van der Waals surface area contributed by atoms with Gasteiger partial charge in [-0.15, -0.1) is 0 Å². The van der Waals surface area contributed by atoms with Crippen LogP contribution in [0.1, 0.15) is 37.5 Å². The average Bonchev–Trinajstić information content (AvgIpc) is 2.24. The van der Waals surface area contributed by atoms with Gasteiger partial charge in [-0.05, 0) is 30.5 Å². The van der Waals surface area contributed by atoms with Gasteiger partial charge in [0.05, 0.1) is 0 Å². The van der Waals surface area contributed by atoms with Crippen LogP contribution in [0.2, 0.25) is 0 Å². The maximum atomic E-state index is 5.54. The van der Waals surface area contributed by atoms with Crippen LogP contribution in [0.3, 0.4) is 0 Å². The van der Waals surface area contributed by atoms with Crippen molar-refractivity contribution in [3.63, 3.8) is 0 Å². The summed E-state index contributed by atoms with van der Waals surface area (Å²) in [4.78, 5) is 0. The van der Waals surface area contributed by atoms with Crippen LogP contribution in [0.5, 0.6) is 0 Å². The molecule has 1 heteroatoms. The Labute approximate surface area is 87.6 Å². The monoisotopic (exact) mass is 191 g/mol. The molecule has 0 aromatic heterocycles. The van der Waals surface area contributed by atoms with Crippen molar-refractivity contribution in [2.45, 2.75) is 34.2 Å². The molecule has 0 aliphatic carbocycles. The zero-order valence-electron chi connectivity index (χ0n) is 9.67. The number of nitrogens with two attached hydrogens (primary N) is 1. The first kappa shape index (κ1) is 12.9. The van der Waals surface area contributed by atoms with Gasteiger partial charge in [-0.3, -0.25) is 0 Å². The summed E-state index contributed by atoms with van der Waals surface area (Å²) in [6, 6.07) is 6.31. The van der Waals surface area contributed by atoms with Gasteiger partial charge in [0.25, 0.3) is 0 Å². The van der Waals surface area contributed by atoms with E-state index in [2.05, 4.69) is 31.2 Å². The Hall–Kier alpha value is -1.08. The number of hydrogen-bond acceptors (Lipinski definition) is 1. The van der Waals surface area contributed by atoms with E-state index in [1.54, 1.807) is 0 Å². The minimum Gasteiger partial charge on any atom is -0.326 e. The Balaban J connectivity index is 0.000000791. The highest BCUT2D eigenvalue weighted by molar-refractivity contribution is 5.54. The molecule has 0 saturated heterocycles.